The van der Waals surface area contributed by atoms with Crippen LogP contribution in [0.3, 0.4) is 0 Å². The van der Waals surface area contributed by atoms with Crippen LogP contribution in [0.2, 0.25) is 0 Å². The molecule has 3 aliphatic heterocycles. The van der Waals surface area contributed by atoms with Gasteiger partial charge < -0.3 is 15.1 Å². The number of piperazine rings is 2. The first-order valence-electron chi connectivity index (χ1n) is 9.19. The molecule has 0 aromatic carbocycles. The minimum Gasteiger partial charge on any atom is -0.336 e. The molecule has 0 radical (unpaired) electrons. The van der Waals surface area contributed by atoms with Crippen molar-refractivity contribution in [2.24, 2.45) is 5.92 Å². The minimum absolute atomic E-state index is 0.110. The van der Waals surface area contributed by atoms with Crippen molar-refractivity contribution >= 4 is 5.91 Å². The molecule has 23 heavy (non-hydrogen) atoms. The highest BCUT2D eigenvalue weighted by atomic mass is 16.2. The van der Waals surface area contributed by atoms with Crippen LogP contribution in [-0.2, 0) is 4.79 Å². The average Bonchev–Trinajstić information content (AvgIpc) is 2.61. The first kappa shape index (κ1) is 15.2. The van der Waals surface area contributed by atoms with Gasteiger partial charge in [0, 0.05) is 44.8 Å². The summed E-state index contributed by atoms with van der Waals surface area (Å²) in [5.74, 6) is 0.993. The lowest BCUT2D eigenvalue weighted by molar-refractivity contribution is -0.148. The first-order chi connectivity index (χ1) is 11.3. The molecule has 6 heteroatoms. The van der Waals surface area contributed by atoms with Gasteiger partial charge >= 0.3 is 0 Å². The zero-order chi connectivity index (χ0) is 15.8. The largest absolute Gasteiger partial charge is 0.336 e. The Bertz CT molecular complexity index is 504. The fraction of sp³-hybridized carbons (Fsp3) is 0.882. The molecule has 0 spiro atoms. The second-order valence-corrected chi connectivity index (χ2v) is 7.58. The summed E-state index contributed by atoms with van der Waals surface area (Å²) >= 11 is 0. The SMILES string of the molecule is N#CN1CCN2CCN(C3CNC4CCCCC4C3)C(=O)[C@H]2C1. The quantitative estimate of drug-likeness (QED) is 0.701. The molecular weight excluding hydrogens is 290 g/mol. The summed E-state index contributed by atoms with van der Waals surface area (Å²) in [6.07, 6.45) is 8.69. The highest BCUT2D eigenvalue weighted by Crippen LogP contribution is 2.33. The topological polar surface area (TPSA) is 62.6 Å². The number of carbonyl (C=O) groups is 1. The van der Waals surface area contributed by atoms with Gasteiger partial charge in [0.2, 0.25) is 5.91 Å². The smallest absolute Gasteiger partial charge is 0.242 e. The minimum atomic E-state index is -0.110. The number of hydrogen-bond donors (Lipinski definition) is 1. The van der Waals surface area contributed by atoms with Crippen molar-refractivity contribution in [1.82, 2.24) is 20.0 Å². The predicted molar refractivity (Wildman–Crippen MR) is 86.4 cm³/mol. The van der Waals surface area contributed by atoms with Crippen LogP contribution < -0.4 is 5.32 Å². The molecule has 3 unspecified atom stereocenters. The van der Waals surface area contributed by atoms with E-state index in [9.17, 15) is 4.79 Å². The van der Waals surface area contributed by atoms with E-state index in [0.29, 0.717) is 18.6 Å². The Morgan fingerprint density at radius 3 is 2.83 bits per heavy atom. The number of nitriles is 1. The number of hydrogen-bond acceptors (Lipinski definition) is 5. The van der Waals surface area contributed by atoms with Gasteiger partial charge in [0.15, 0.2) is 6.19 Å². The zero-order valence-corrected chi connectivity index (χ0v) is 13.8. The van der Waals surface area contributed by atoms with Crippen LogP contribution in [0, 0.1) is 17.4 Å². The normalized spacial score (nSPS) is 38.7. The Morgan fingerprint density at radius 2 is 1.96 bits per heavy atom. The number of amides is 1. The van der Waals surface area contributed by atoms with Crippen molar-refractivity contribution in [3.05, 3.63) is 0 Å². The number of fused-ring (bicyclic) bond motifs is 2. The molecule has 4 atom stereocenters. The first-order valence-corrected chi connectivity index (χ1v) is 9.19. The molecular formula is C17H27N5O. The van der Waals surface area contributed by atoms with E-state index >= 15 is 0 Å². The van der Waals surface area contributed by atoms with Crippen LogP contribution in [0.15, 0.2) is 0 Å². The van der Waals surface area contributed by atoms with Crippen LogP contribution in [0.4, 0.5) is 0 Å². The fourth-order valence-electron chi connectivity index (χ4n) is 5.03. The zero-order valence-electron chi connectivity index (χ0n) is 13.8. The fourth-order valence-corrected chi connectivity index (χ4v) is 5.03. The molecule has 0 bridgehead atoms. The highest BCUT2D eigenvalue weighted by Gasteiger charge is 2.43. The Morgan fingerprint density at radius 1 is 1.13 bits per heavy atom. The van der Waals surface area contributed by atoms with Crippen molar-refractivity contribution in [3.63, 3.8) is 0 Å². The maximum atomic E-state index is 13.0. The van der Waals surface area contributed by atoms with E-state index in [0.717, 1.165) is 45.1 Å². The van der Waals surface area contributed by atoms with E-state index in [4.69, 9.17) is 5.26 Å². The Hall–Kier alpha value is -1.32. The summed E-state index contributed by atoms with van der Waals surface area (Å²) in [4.78, 5) is 19.1. The molecule has 4 aliphatic rings. The van der Waals surface area contributed by atoms with Crippen LogP contribution in [-0.4, -0.2) is 78.0 Å². The van der Waals surface area contributed by atoms with Gasteiger partial charge in [0.05, 0.1) is 6.54 Å². The molecule has 4 fully saturated rings. The van der Waals surface area contributed by atoms with Gasteiger partial charge in [-0.25, -0.2) is 0 Å². The number of nitrogens with zero attached hydrogens (tertiary/aromatic N) is 4. The van der Waals surface area contributed by atoms with Crippen molar-refractivity contribution in [2.45, 2.75) is 50.2 Å². The van der Waals surface area contributed by atoms with Gasteiger partial charge in [-0.15, -0.1) is 0 Å². The third kappa shape index (κ3) is 2.81. The second kappa shape index (κ2) is 6.29. The van der Waals surface area contributed by atoms with Gasteiger partial charge in [-0.1, -0.05) is 12.8 Å². The number of carbonyl (C=O) groups excluding carboxylic acids is 1. The molecule has 1 N–H and O–H groups in total. The lowest BCUT2D eigenvalue weighted by Crippen LogP contribution is -2.67. The molecule has 3 heterocycles. The maximum Gasteiger partial charge on any atom is 0.242 e. The summed E-state index contributed by atoms with van der Waals surface area (Å²) in [7, 11) is 0. The Kier molecular flexibility index (Phi) is 4.16. The van der Waals surface area contributed by atoms with Crippen molar-refractivity contribution in [2.75, 3.05) is 39.3 Å². The average molecular weight is 317 g/mol. The van der Waals surface area contributed by atoms with Crippen LogP contribution in [0.1, 0.15) is 32.1 Å². The standard InChI is InChI=1S/C17H27N5O/c18-12-20-5-6-21-7-8-22(17(23)16(21)11-20)14-9-13-3-1-2-4-15(13)19-10-14/h13-16,19H,1-11H2/t13?,14?,15?,16-/m1/s1. The summed E-state index contributed by atoms with van der Waals surface area (Å²) in [5, 5.41) is 12.8. The van der Waals surface area contributed by atoms with Crippen molar-refractivity contribution in [3.8, 4) is 6.19 Å². The van der Waals surface area contributed by atoms with E-state index < -0.39 is 0 Å². The molecule has 0 aromatic heterocycles. The third-order valence-corrected chi connectivity index (χ3v) is 6.37. The molecule has 126 valence electrons. The monoisotopic (exact) mass is 317 g/mol. The van der Waals surface area contributed by atoms with Crippen LogP contribution in [0.25, 0.3) is 0 Å². The van der Waals surface area contributed by atoms with Crippen molar-refractivity contribution < 1.29 is 4.79 Å². The van der Waals surface area contributed by atoms with Crippen LogP contribution in [0.5, 0.6) is 0 Å². The molecule has 0 aromatic rings. The van der Waals surface area contributed by atoms with E-state index in [1.807, 2.05) is 0 Å². The van der Waals surface area contributed by atoms with Gasteiger partial charge in [-0.2, -0.15) is 5.26 Å². The number of nitrogens with one attached hydrogen (secondary N) is 1. The molecule has 1 saturated carbocycles. The number of piperidine rings is 1. The summed E-state index contributed by atoms with van der Waals surface area (Å²) in [6.45, 7) is 4.92. The molecule has 4 rings (SSSR count). The van der Waals surface area contributed by atoms with E-state index in [2.05, 4.69) is 21.3 Å². The van der Waals surface area contributed by atoms with Gasteiger partial charge in [0.1, 0.15) is 6.04 Å². The predicted octanol–water partition coefficient (Wildman–Crippen LogP) is 0.217. The Labute approximate surface area is 138 Å². The molecule has 1 aliphatic carbocycles. The van der Waals surface area contributed by atoms with Gasteiger partial charge in [-0.3, -0.25) is 9.69 Å². The maximum absolute atomic E-state index is 13.0. The van der Waals surface area contributed by atoms with Crippen molar-refractivity contribution in [1.29, 1.82) is 5.26 Å². The third-order valence-electron chi connectivity index (χ3n) is 6.37. The lowest BCUT2D eigenvalue weighted by Gasteiger charge is -2.50. The molecule has 6 nitrogen and oxygen atoms in total. The lowest BCUT2D eigenvalue weighted by atomic mass is 9.77. The summed E-state index contributed by atoms with van der Waals surface area (Å²) in [5.41, 5.74) is 0. The number of rotatable bonds is 1. The van der Waals surface area contributed by atoms with E-state index in [1.165, 1.54) is 25.7 Å². The second-order valence-electron chi connectivity index (χ2n) is 7.58. The van der Waals surface area contributed by atoms with E-state index in [1.54, 1.807) is 4.90 Å². The summed E-state index contributed by atoms with van der Waals surface area (Å²) < 4.78 is 0. The van der Waals surface area contributed by atoms with Gasteiger partial charge in [0.25, 0.3) is 0 Å². The van der Waals surface area contributed by atoms with Gasteiger partial charge in [-0.05, 0) is 25.2 Å². The van der Waals surface area contributed by atoms with E-state index in [-0.39, 0.29) is 11.9 Å². The highest BCUT2D eigenvalue weighted by molar-refractivity contribution is 5.83. The molecule has 1 amide bonds. The Balaban J connectivity index is 1.43. The molecule has 3 saturated heterocycles. The summed E-state index contributed by atoms with van der Waals surface area (Å²) in [6, 6.07) is 0.919. The van der Waals surface area contributed by atoms with Crippen LogP contribution >= 0.6 is 0 Å².